The van der Waals surface area contributed by atoms with E-state index in [0.717, 1.165) is 18.4 Å². The van der Waals surface area contributed by atoms with Crippen molar-refractivity contribution in [3.63, 3.8) is 0 Å². The van der Waals surface area contributed by atoms with E-state index in [4.69, 9.17) is 0 Å². The summed E-state index contributed by atoms with van der Waals surface area (Å²) in [6.07, 6.45) is 4.97. The minimum absolute atomic E-state index is 0.00891. The van der Waals surface area contributed by atoms with Crippen LogP contribution < -0.4 is 0 Å². The summed E-state index contributed by atoms with van der Waals surface area (Å²) in [7, 11) is 0. The van der Waals surface area contributed by atoms with Crippen LogP contribution in [0.3, 0.4) is 0 Å². The van der Waals surface area contributed by atoms with Crippen LogP contribution in [0.5, 0.6) is 0 Å². The van der Waals surface area contributed by atoms with Crippen LogP contribution in [0.25, 0.3) is 0 Å². The number of nitrogens with zero attached hydrogens (tertiary/aromatic N) is 1. The van der Waals surface area contributed by atoms with Gasteiger partial charge in [0.25, 0.3) is 0 Å². The molecule has 0 aliphatic heterocycles. The first-order chi connectivity index (χ1) is 7.66. The molecule has 2 rings (SSSR count). The molecule has 1 saturated carbocycles. The molecule has 84 valence electrons. The lowest BCUT2D eigenvalue weighted by Gasteiger charge is -2.20. The van der Waals surface area contributed by atoms with Crippen molar-refractivity contribution in [2.45, 2.75) is 38.5 Å². The molecule has 0 unspecified atom stereocenters. The van der Waals surface area contributed by atoms with Gasteiger partial charge < -0.3 is 0 Å². The highest BCUT2D eigenvalue weighted by atomic mass is 16.1. The fraction of sp³-hybridized carbons (Fsp3) is 0.462. The van der Waals surface area contributed by atoms with Gasteiger partial charge in [0.15, 0.2) is 5.78 Å². The van der Waals surface area contributed by atoms with Gasteiger partial charge in [0.1, 0.15) is 11.5 Å². The van der Waals surface area contributed by atoms with E-state index < -0.39 is 0 Å². The summed E-state index contributed by atoms with van der Waals surface area (Å²) in [6, 6.07) is 3.73. The molecule has 0 radical (unpaired) electrons. The summed E-state index contributed by atoms with van der Waals surface area (Å²) < 4.78 is 0. The summed E-state index contributed by atoms with van der Waals surface area (Å²) in [5.74, 6) is 0.793. The molecule has 0 saturated heterocycles. The molecule has 0 bridgehead atoms. The van der Waals surface area contributed by atoms with Crippen LogP contribution in [0.15, 0.2) is 18.3 Å². The molecule has 1 aliphatic carbocycles. The molecule has 0 amide bonds. The van der Waals surface area contributed by atoms with Gasteiger partial charge in [-0.2, -0.15) is 0 Å². The van der Waals surface area contributed by atoms with Crippen LogP contribution >= 0.6 is 0 Å². The van der Waals surface area contributed by atoms with Crippen molar-refractivity contribution in [1.82, 2.24) is 4.98 Å². The maximum absolute atomic E-state index is 11.1. The lowest BCUT2D eigenvalue weighted by molar-refractivity contribution is -0.120. The number of hydrogen-bond donors (Lipinski definition) is 0. The highest BCUT2D eigenvalue weighted by molar-refractivity contribution is 5.92. The summed E-state index contributed by atoms with van der Waals surface area (Å²) in [5.41, 5.74) is 1.66. The number of carbonyl (C=O) groups is 2. The van der Waals surface area contributed by atoms with E-state index in [1.165, 1.54) is 6.92 Å². The standard InChI is InChI=1S/C13H15NO2/c1-9(15)13-7-4-11(8-14-13)10-2-5-12(16)6-3-10/h4,7-8,10H,2-3,5-6H2,1H3. The monoisotopic (exact) mass is 217 g/mol. The fourth-order valence-electron chi connectivity index (χ4n) is 2.13. The number of aromatic nitrogens is 1. The molecule has 1 aliphatic rings. The first kappa shape index (κ1) is 11.0. The van der Waals surface area contributed by atoms with Crippen molar-refractivity contribution >= 4 is 11.6 Å². The topological polar surface area (TPSA) is 47.0 Å². The van der Waals surface area contributed by atoms with Crippen LogP contribution in [-0.2, 0) is 4.79 Å². The van der Waals surface area contributed by atoms with Crippen LogP contribution in [-0.4, -0.2) is 16.6 Å². The molecule has 3 heteroatoms. The molecule has 0 spiro atoms. The Bertz CT molecular complexity index is 398. The SMILES string of the molecule is CC(=O)c1ccc(C2CCC(=O)CC2)cn1. The number of ketones is 2. The van der Waals surface area contributed by atoms with E-state index in [-0.39, 0.29) is 5.78 Å². The van der Waals surface area contributed by atoms with Crippen molar-refractivity contribution in [2.75, 3.05) is 0 Å². The maximum Gasteiger partial charge on any atom is 0.178 e. The Hall–Kier alpha value is -1.51. The summed E-state index contributed by atoms with van der Waals surface area (Å²) >= 11 is 0. The van der Waals surface area contributed by atoms with Crippen LogP contribution in [0.2, 0.25) is 0 Å². The van der Waals surface area contributed by atoms with E-state index in [1.807, 2.05) is 6.07 Å². The molecular weight excluding hydrogens is 202 g/mol. The Labute approximate surface area is 94.9 Å². The summed E-state index contributed by atoms with van der Waals surface area (Å²) in [5, 5.41) is 0. The first-order valence-electron chi connectivity index (χ1n) is 5.65. The molecule has 1 fully saturated rings. The predicted octanol–water partition coefficient (Wildman–Crippen LogP) is 2.51. The van der Waals surface area contributed by atoms with Crippen molar-refractivity contribution < 1.29 is 9.59 Å². The zero-order chi connectivity index (χ0) is 11.5. The van der Waals surface area contributed by atoms with Crippen LogP contribution in [0.4, 0.5) is 0 Å². The summed E-state index contributed by atoms with van der Waals surface area (Å²) in [4.78, 5) is 26.3. The van der Waals surface area contributed by atoms with Crippen LogP contribution in [0.1, 0.15) is 54.6 Å². The lowest BCUT2D eigenvalue weighted by Crippen LogP contribution is -2.12. The Morgan fingerprint density at radius 1 is 1.31 bits per heavy atom. The van der Waals surface area contributed by atoms with Gasteiger partial charge in [-0.15, -0.1) is 0 Å². The third-order valence-corrected chi connectivity index (χ3v) is 3.16. The Kier molecular flexibility index (Phi) is 3.13. The van der Waals surface area contributed by atoms with Gasteiger partial charge in [-0.05, 0) is 30.4 Å². The number of hydrogen-bond acceptors (Lipinski definition) is 3. The summed E-state index contributed by atoms with van der Waals surface area (Å²) in [6.45, 7) is 1.52. The van der Waals surface area contributed by atoms with Crippen molar-refractivity contribution in [3.8, 4) is 0 Å². The molecular formula is C13H15NO2. The van der Waals surface area contributed by atoms with Crippen molar-refractivity contribution in [3.05, 3.63) is 29.6 Å². The van der Waals surface area contributed by atoms with E-state index in [0.29, 0.717) is 30.2 Å². The highest BCUT2D eigenvalue weighted by Crippen LogP contribution is 2.30. The van der Waals surface area contributed by atoms with E-state index >= 15 is 0 Å². The lowest BCUT2D eigenvalue weighted by atomic mass is 9.84. The Morgan fingerprint density at radius 3 is 2.50 bits per heavy atom. The zero-order valence-electron chi connectivity index (χ0n) is 9.40. The minimum atomic E-state index is -0.00891. The van der Waals surface area contributed by atoms with E-state index in [2.05, 4.69) is 4.98 Å². The second kappa shape index (κ2) is 4.56. The van der Waals surface area contributed by atoms with Gasteiger partial charge in [-0.1, -0.05) is 6.07 Å². The van der Waals surface area contributed by atoms with Gasteiger partial charge >= 0.3 is 0 Å². The largest absolute Gasteiger partial charge is 0.300 e. The smallest absolute Gasteiger partial charge is 0.178 e. The number of pyridine rings is 1. The molecule has 16 heavy (non-hydrogen) atoms. The molecule has 0 atom stereocenters. The second-order valence-corrected chi connectivity index (χ2v) is 4.35. The minimum Gasteiger partial charge on any atom is -0.300 e. The maximum atomic E-state index is 11.1. The van der Waals surface area contributed by atoms with Gasteiger partial charge in [0.05, 0.1) is 0 Å². The molecule has 1 heterocycles. The average Bonchev–Trinajstić information content (AvgIpc) is 2.30. The van der Waals surface area contributed by atoms with Gasteiger partial charge in [0, 0.05) is 26.0 Å². The van der Waals surface area contributed by atoms with Gasteiger partial charge in [0.2, 0.25) is 0 Å². The predicted molar refractivity (Wildman–Crippen MR) is 60.5 cm³/mol. The molecule has 0 aromatic carbocycles. The third-order valence-electron chi connectivity index (χ3n) is 3.16. The molecule has 1 aromatic heterocycles. The quantitative estimate of drug-likeness (QED) is 0.715. The molecule has 3 nitrogen and oxygen atoms in total. The zero-order valence-corrected chi connectivity index (χ0v) is 9.40. The number of Topliss-reactive ketones (excluding diaryl/α,β-unsaturated/α-hetero) is 2. The fourth-order valence-corrected chi connectivity index (χ4v) is 2.13. The van der Waals surface area contributed by atoms with E-state index in [1.54, 1.807) is 12.3 Å². The Morgan fingerprint density at radius 2 is 2.00 bits per heavy atom. The molecule has 1 aromatic rings. The number of carbonyl (C=O) groups excluding carboxylic acids is 2. The highest BCUT2D eigenvalue weighted by Gasteiger charge is 2.20. The van der Waals surface area contributed by atoms with E-state index in [9.17, 15) is 9.59 Å². The second-order valence-electron chi connectivity index (χ2n) is 4.35. The Balaban J connectivity index is 2.10. The normalized spacial score (nSPS) is 17.4. The van der Waals surface area contributed by atoms with Gasteiger partial charge in [-0.25, -0.2) is 0 Å². The first-order valence-corrected chi connectivity index (χ1v) is 5.65. The van der Waals surface area contributed by atoms with Crippen molar-refractivity contribution in [2.24, 2.45) is 0 Å². The van der Waals surface area contributed by atoms with Crippen LogP contribution in [0, 0.1) is 0 Å². The molecule has 0 N–H and O–H groups in total. The van der Waals surface area contributed by atoms with Gasteiger partial charge in [-0.3, -0.25) is 14.6 Å². The third kappa shape index (κ3) is 2.35. The van der Waals surface area contributed by atoms with Crippen molar-refractivity contribution in [1.29, 1.82) is 0 Å². The average molecular weight is 217 g/mol. The number of rotatable bonds is 2.